The van der Waals surface area contributed by atoms with Gasteiger partial charge in [-0.3, -0.25) is 14.5 Å². The maximum atomic E-state index is 14.1. The lowest BCUT2D eigenvalue weighted by atomic mass is 9.93. The van der Waals surface area contributed by atoms with Gasteiger partial charge in [0.05, 0.1) is 23.5 Å². The van der Waals surface area contributed by atoms with Gasteiger partial charge in [-0.25, -0.2) is 9.59 Å². The number of esters is 1. The number of carbonyl (C=O) groups excluding carboxylic acids is 4. The van der Waals surface area contributed by atoms with Crippen molar-refractivity contribution in [2.75, 3.05) is 47.9 Å². The highest BCUT2D eigenvalue weighted by Gasteiger charge is 2.38. The number of nitrogens with zero attached hydrogens (tertiary/aromatic N) is 3. The van der Waals surface area contributed by atoms with Gasteiger partial charge < -0.3 is 25.2 Å². The molecule has 2 aliphatic heterocycles. The van der Waals surface area contributed by atoms with E-state index < -0.39 is 18.0 Å². The zero-order valence-electron chi connectivity index (χ0n) is 23.6. The van der Waals surface area contributed by atoms with Crippen molar-refractivity contribution in [1.82, 2.24) is 10.2 Å². The molecule has 2 heterocycles. The molecule has 10 nitrogen and oxygen atoms in total. The van der Waals surface area contributed by atoms with Crippen molar-refractivity contribution in [1.29, 1.82) is 0 Å². The van der Waals surface area contributed by atoms with Crippen LogP contribution in [0.25, 0.3) is 0 Å². The highest BCUT2D eigenvalue weighted by molar-refractivity contribution is 6.07. The average Bonchev–Trinajstić information content (AvgIpc) is 3.51. The Morgan fingerprint density at radius 3 is 2.27 bits per heavy atom. The molecule has 1 unspecified atom stereocenters. The molecule has 41 heavy (non-hydrogen) atoms. The monoisotopic (exact) mass is 561 g/mol. The predicted molar refractivity (Wildman–Crippen MR) is 157 cm³/mol. The Kier molecular flexibility index (Phi) is 9.06. The summed E-state index contributed by atoms with van der Waals surface area (Å²) in [4.78, 5) is 58.1. The summed E-state index contributed by atoms with van der Waals surface area (Å²) in [5.41, 5.74) is 2.48. The van der Waals surface area contributed by atoms with Gasteiger partial charge in [-0.1, -0.05) is 31.4 Å². The van der Waals surface area contributed by atoms with E-state index in [-0.39, 0.29) is 31.0 Å². The van der Waals surface area contributed by atoms with E-state index in [1.165, 1.54) is 6.42 Å². The van der Waals surface area contributed by atoms with Gasteiger partial charge >= 0.3 is 12.0 Å². The molecule has 2 N–H and O–H groups in total. The van der Waals surface area contributed by atoms with Crippen molar-refractivity contribution in [2.24, 2.45) is 0 Å². The molecule has 1 saturated heterocycles. The summed E-state index contributed by atoms with van der Waals surface area (Å²) in [5, 5.41) is 5.67. The van der Waals surface area contributed by atoms with Gasteiger partial charge in [0.15, 0.2) is 0 Å². The van der Waals surface area contributed by atoms with Crippen LogP contribution >= 0.6 is 0 Å². The molecular weight excluding hydrogens is 522 g/mol. The quantitative estimate of drug-likeness (QED) is 0.491. The van der Waals surface area contributed by atoms with Gasteiger partial charge in [0.1, 0.15) is 12.6 Å². The highest BCUT2D eigenvalue weighted by Crippen LogP contribution is 2.37. The molecule has 4 amide bonds. The number of hydrogen-bond donors (Lipinski definition) is 2. The second-order valence-electron chi connectivity index (χ2n) is 10.9. The molecule has 2 fully saturated rings. The van der Waals surface area contributed by atoms with Crippen LogP contribution < -0.4 is 20.4 Å². The Hall–Kier alpha value is -4.08. The smallest absolute Gasteiger partial charge is 0.338 e. The number of fused-ring (bicyclic) bond motifs is 1. The van der Waals surface area contributed by atoms with E-state index in [0.29, 0.717) is 36.6 Å². The summed E-state index contributed by atoms with van der Waals surface area (Å²) in [6.45, 7) is 3.67. The number of rotatable bonds is 7. The van der Waals surface area contributed by atoms with Crippen LogP contribution in [0.1, 0.15) is 62.2 Å². The van der Waals surface area contributed by atoms with Crippen LogP contribution in [0.2, 0.25) is 0 Å². The minimum Gasteiger partial charge on any atom is -0.462 e. The predicted octanol–water partition coefficient (Wildman–Crippen LogP) is 4.16. The third-order valence-electron chi connectivity index (χ3n) is 8.15. The Morgan fingerprint density at radius 2 is 1.59 bits per heavy atom. The summed E-state index contributed by atoms with van der Waals surface area (Å²) >= 11 is 0. The molecule has 0 bridgehead atoms. The number of nitrogens with one attached hydrogen (secondary N) is 2. The number of likely N-dealkylation sites (tertiary alicyclic amines) is 1. The number of ether oxygens (including phenoxy) is 1. The van der Waals surface area contributed by atoms with Crippen LogP contribution in [-0.4, -0.2) is 73.6 Å². The minimum atomic E-state index is -0.866. The fourth-order valence-corrected chi connectivity index (χ4v) is 6.06. The molecule has 2 aromatic carbocycles. The summed E-state index contributed by atoms with van der Waals surface area (Å²) in [6.07, 6.45) is 7.40. The number of carbonyl (C=O) groups is 4. The molecule has 218 valence electrons. The maximum absolute atomic E-state index is 14.1. The number of amides is 4. The summed E-state index contributed by atoms with van der Waals surface area (Å²) in [6, 6.07) is 13.0. The largest absolute Gasteiger partial charge is 0.462 e. The SMILES string of the molecule is CCOC(=O)c1ccc(NC(=O)NC2CN(C3CCCCC3)c3ccccc3N(CC(=O)N3CCCC3)C2=O)cc1. The number of urea groups is 1. The van der Waals surface area contributed by atoms with Crippen molar-refractivity contribution in [3.63, 3.8) is 0 Å². The Bertz CT molecular complexity index is 1250. The van der Waals surface area contributed by atoms with Gasteiger partial charge in [-0.15, -0.1) is 0 Å². The first kappa shape index (κ1) is 28.4. The van der Waals surface area contributed by atoms with E-state index in [1.807, 2.05) is 29.2 Å². The minimum absolute atomic E-state index is 0.0660. The van der Waals surface area contributed by atoms with Gasteiger partial charge in [0.2, 0.25) is 5.91 Å². The van der Waals surface area contributed by atoms with E-state index in [1.54, 1.807) is 36.1 Å². The van der Waals surface area contributed by atoms with Crippen molar-refractivity contribution in [3.05, 3.63) is 54.1 Å². The normalized spacial score (nSPS) is 19.4. The van der Waals surface area contributed by atoms with Crippen LogP contribution in [-0.2, 0) is 14.3 Å². The van der Waals surface area contributed by atoms with Crippen LogP contribution in [0.3, 0.4) is 0 Å². The molecular formula is C31H39N5O5. The number of para-hydroxylation sites is 2. The lowest BCUT2D eigenvalue weighted by Gasteiger charge is -2.37. The van der Waals surface area contributed by atoms with E-state index >= 15 is 0 Å². The van der Waals surface area contributed by atoms with E-state index in [2.05, 4.69) is 15.5 Å². The summed E-state index contributed by atoms with van der Waals surface area (Å²) in [7, 11) is 0. The number of hydrogen-bond acceptors (Lipinski definition) is 6. The first-order valence-corrected chi connectivity index (χ1v) is 14.7. The third kappa shape index (κ3) is 6.64. The number of anilines is 3. The average molecular weight is 562 g/mol. The van der Waals surface area contributed by atoms with E-state index in [4.69, 9.17) is 4.74 Å². The summed E-state index contributed by atoms with van der Waals surface area (Å²) in [5.74, 6) is -0.823. The zero-order valence-corrected chi connectivity index (χ0v) is 23.6. The lowest BCUT2D eigenvalue weighted by molar-refractivity contribution is -0.130. The van der Waals surface area contributed by atoms with Crippen LogP contribution in [0.4, 0.5) is 21.9 Å². The second-order valence-corrected chi connectivity index (χ2v) is 10.9. The second kappa shape index (κ2) is 13.1. The topological polar surface area (TPSA) is 111 Å². The standard InChI is InChI=1S/C31H39N5O5/c1-2-41-30(39)22-14-16-23(17-15-22)32-31(40)33-25-20-35(24-10-4-3-5-11-24)26-12-6-7-13-27(26)36(29(25)38)21-28(37)34-18-8-9-19-34/h6-7,12-17,24-25H,2-5,8-11,18-21H2,1H3,(H2,32,33,40). The molecule has 1 saturated carbocycles. The van der Waals surface area contributed by atoms with Gasteiger partial charge in [0.25, 0.3) is 5.91 Å². The molecule has 1 aliphatic carbocycles. The van der Waals surface area contributed by atoms with Gasteiger partial charge in [-0.2, -0.15) is 0 Å². The van der Waals surface area contributed by atoms with Crippen molar-refractivity contribution < 1.29 is 23.9 Å². The molecule has 1 atom stereocenters. The van der Waals surface area contributed by atoms with Gasteiger partial charge in [0, 0.05) is 31.4 Å². The molecule has 5 rings (SSSR count). The van der Waals surface area contributed by atoms with Crippen molar-refractivity contribution in [2.45, 2.75) is 64.0 Å². The Morgan fingerprint density at radius 1 is 0.902 bits per heavy atom. The molecule has 10 heteroatoms. The molecule has 0 spiro atoms. The molecule has 0 radical (unpaired) electrons. The molecule has 3 aliphatic rings. The van der Waals surface area contributed by atoms with Crippen molar-refractivity contribution in [3.8, 4) is 0 Å². The van der Waals surface area contributed by atoms with Crippen molar-refractivity contribution >= 4 is 40.9 Å². The van der Waals surface area contributed by atoms with Gasteiger partial charge in [-0.05, 0) is 69.0 Å². The van der Waals surface area contributed by atoms with Crippen LogP contribution in [0, 0.1) is 0 Å². The highest BCUT2D eigenvalue weighted by atomic mass is 16.5. The van der Waals surface area contributed by atoms with Crippen LogP contribution in [0.5, 0.6) is 0 Å². The van der Waals surface area contributed by atoms with E-state index in [9.17, 15) is 19.2 Å². The molecule has 2 aromatic rings. The lowest BCUT2D eigenvalue weighted by Crippen LogP contribution is -2.55. The maximum Gasteiger partial charge on any atom is 0.338 e. The van der Waals surface area contributed by atoms with Crippen LogP contribution in [0.15, 0.2) is 48.5 Å². The first-order chi connectivity index (χ1) is 19.9. The zero-order chi connectivity index (χ0) is 28.8. The first-order valence-electron chi connectivity index (χ1n) is 14.7. The third-order valence-corrected chi connectivity index (χ3v) is 8.15. The number of benzene rings is 2. The van der Waals surface area contributed by atoms with E-state index in [0.717, 1.165) is 44.2 Å². The fraction of sp³-hybridized carbons (Fsp3) is 0.484. The molecule has 0 aromatic heterocycles. The Labute approximate surface area is 241 Å². The Balaban J connectivity index is 1.38. The summed E-state index contributed by atoms with van der Waals surface area (Å²) < 4.78 is 5.02. The fourth-order valence-electron chi connectivity index (χ4n) is 6.06.